The van der Waals surface area contributed by atoms with Crippen LogP contribution < -0.4 is 4.74 Å². The monoisotopic (exact) mass is 277 g/mol. The molecule has 0 bridgehead atoms. The standard InChI is InChI=1S/C17H27NO2/c1-18(2)16(12-14-6-4-5-7-17(14)19)13-8-10-15(20-3)11-9-13/h8-11,14,16-17,19H,4-7,12H2,1-3H3. The van der Waals surface area contributed by atoms with Crippen LogP contribution in [0, 0.1) is 5.92 Å². The molecule has 3 heteroatoms. The summed E-state index contributed by atoms with van der Waals surface area (Å²) in [6.07, 6.45) is 5.46. The van der Waals surface area contributed by atoms with Gasteiger partial charge in [-0.3, -0.25) is 0 Å². The van der Waals surface area contributed by atoms with E-state index < -0.39 is 0 Å². The number of methoxy groups -OCH3 is 1. The molecule has 1 N–H and O–H groups in total. The van der Waals surface area contributed by atoms with Crippen LogP contribution in [0.4, 0.5) is 0 Å². The molecule has 3 atom stereocenters. The Labute approximate surface area is 122 Å². The van der Waals surface area contributed by atoms with E-state index in [9.17, 15) is 5.11 Å². The van der Waals surface area contributed by atoms with Crippen LogP contribution in [0.5, 0.6) is 5.75 Å². The number of aliphatic hydroxyl groups is 1. The summed E-state index contributed by atoms with van der Waals surface area (Å²) in [5.74, 6) is 1.32. The average Bonchev–Trinajstić information content (AvgIpc) is 2.46. The van der Waals surface area contributed by atoms with E-state index in [1.807, 2.05) is 12.1 Å². The molecule has 0 amide bonds. The summed E-state index contributed by atoms with van der Waals surface area (Å²) in [7, 11) is 5.92. The molecule has 3 nitrogen and oxygen atoms in total. The fraction of sp³-hybridized carbons (Fsp3) is 0.647. The summed E-state index contributed by atoms with van der Waals surface area (Å²) in [6, 6.07) is 8.67. The minimum Gasteiger partial charge on any atom is -0.497 e. The zero-order valence-corrected chi connectivity index (χ0v) is 12.9. The van der Waals surface area contributed by atoms with E-state index in [1.165, 1.54) is 18.4 Å². The van der Waals surface area contributed by atoms with Crippen LogP contribution in [0.3, 0.4) is 0 Å². The smallest absolute Gasteiger partial charge is 0.118 e. The van der Waals surface area contributed by atoms with Gasteiger partial charge in [0.05, 0.1) is 13.2 Å². The molecule has 0 aliphatic heterocycles. The number of benzene rings is 1. The zero-order chi connectivity index (χ0) is 14.5. The topological polar surface area (TPSA) is 32.7 Å². The molecule has 1 aliphatic carbocycles. The molecule has 1 aromatic rings. The number of nitrogens with zero attached hydrogens (tertiary/aromatic N) is 1. The van der Waals surface area contributed by atoms with Gasteiger partial charge in [0.1, 0.15) is 5.75 Å². The van der Waals surface area contributed by atoms with Gasteiger partial charge in [-0.25, -0.2) is 0 Å². The van der Waals surface area contributed by atoms with E-state index in [1.54, 1.807) is 7.11 Å². The number of rotatable bonds is 5. The maximum absolute atomic E-state index is 10.2. The van der Waals surface area contributed by atoms with Crippen LogP contribution in [0.15, 0.2) is 24.3 Å². The van der Waals surface area contributed by atoms with Crippen LogP contribution in [0.1, 0.15) is 43.7 Å². The average molecular weight is 277 g/mol. The Kier molecular flexibility index (Phi) is 5.44. The molecule has 1 fully saturated rings. The maximum Gasteiger partial charge on any atom is 0.118 e. The predicted octanol–water partition coefficient (Wildman–Crippen LogP) is 3.24. The van der Waals surface area contributed by atoms with Gasteiger partial charge in [0.2, 0.25) is 0 Å². The first-order valence-electron chi connectivity index (χ1n) is 7.60. The molecule has 1 aliphatic rings. The highest BCUT2D eigenvalue weighted by atomic mass is 16.5. The molecule has 3 unspecified atom stereocenters. The molecule has 20 heavy (non-hydrogen) atoms. The Hall–Kier alpha value is -1.06. The van der Waals surface area contributed by atoms with Crippen LogP contribution >= 0.6 is 0 Å². The summed E-state index contributed by atoms with van der Waals surface area (Å²) in [4.78, 5) is 2.25. The first kappa shape index (κ1) is 15.3. The minimum absolute atomic E-state index is 0.121. The van der Waals surface area contributed by atoms with E-state index >= 15 is 0 Å². The van der Waals surface area contributed by atoms with Crippen molar-refractivity contribution in [2.24, 2.45) is 5.92 Å². The van der Waals surface area contributed by atoms with E-state index in [0.29, 0.717) is 12.0 Å². The number of hydrogen-bond donors (Lipinski definition) is 1. The third kappa shape index (κ3) is 3.74. The summed E-state index contributed by atoms with van der Waals surface area (Å²) in [6.45, 7) is 0. The lowest BCUT2D eigenvalue weighted by Crippen LogP contribution is -2.30. The SMILES string of the molecule is COc1ccc(C(CC2CCCCC2O)N(C)C)cc1. The highest BCUT2D eigenvalue weighted by Gasteiger charge is 2.27. The van der Waals surface area contributed by atoms with Crippen molar-refractivity contribution in [3.8, 4) is 5.75 Å². The molecule has 1 saturated carbocycles. The fourth-order valence-corrected chi connectivity index (χ4v) is 3.22. The van der Waals surface area contributed by atoms with E-state index in [4.69, 9.17) is 4.74 Å². The van der Waals surface area contributed by atoms with Gasteiger partial charge in [0.25, 0.3) is 0 Å². The second-order valence-corrected chi connectivity index (χ2v) is 6.10. The number of ether oxygens (including phenoxy) is 1. The molecule has 0 aromatic heterocycles. The summed E-state index contributed by atoms with van der Waals surface area (Å²) < 4.78 is 5.22. The Morgan fingerprint density at radius 1 is 1.20 bits per heavy atom. The minimum atomic E-state index is -0.121. The van der Waals surface area contributed by atoms with Crippen molar-refractivity contribution in [3.05, 3.63) is 29.8 Å². The highest BCUT2D eigenvalue weighted by molar-refractivity contribution is 5.29. The lowest BCUT2D eigenvalue weighted by atomic mass is 9.81. The lowest BCUT2D eigenvalue weighted by molar-refractivity contribution is 0.0506. The first-order chi connectivity index (χ1) is 9.61. The summed E-state index contributed by atoms with van der Waals surface area (Å²) >= 11 is 0. The highest BCUT2D eigenvalue weighted by Crippen LogP contribution is 2.34. The van der Waals surface area contributed by atoms with Crippen molar-refractivity contribution >= 4 is 0 Å². The van der Waals surface area contributed by atoms with Gasteiger partial charge in [-0.1, -0.05) is 25.0 Å². The Morgan fingerprint density at radius 3 is 2.40 bits per heavy atom. The zero-order valence-electron chi connectivity index (χ0n) is 12.9. The van der Waals surface area contributed by atoms with E-state index in [0.717, 1.165) is 25.0 Å². The maximum atomic E-state index is 10.2. The van der Waals surface area contributed by atoms with Gasteiger partial charge in [-0.05, 0) is 57.0 Å². The molecule has 0 saturated heterocycles. The second kappa shape index (κ2) is 7.09. The second-order valence-electron chi connectivity index (χ2n) is 6.10. The molecule has 0 spiro atoms. The molecular weight excluding hydrogens is 250 g/mol. The van der Waals surface area contributed by atoms with Gasteiger partial charge in [-0.15, -0.1) is 0 Å². The van der Waals surface area contributed by atoms with Gasteiger partial charge < -0.3 is 14.7 Å². The van der Waals surface area contributed by atoms with Gasteiger partial charge >= 0.3 is 0 Å². The molecule has 112 valence electrons. The van der Waals surface area contributed by atoms with Crippen LogP contribution in [0.25, 0.3) is 0 Å². The van der Waals surface area contributed by atoms with Gasteiger partial charge in [-0.2, -0.15) is 0 Å². The molecule has 0 radical (unpaired) electrons. The van der Waals surface area contributed by atoms with Crippen LogP contribution in [-0.2, 0) is 0 Å². The molecule has 1 aromatic carbocycles. The van der Waals surface area contributed by atoms with Gasteiger partial charge in [0, 0.05) is 6.04 Å². The lowest BCUT2D eigenvalue weighted by Gasteiger charge is -2.33. The normalized spacial score (nSPS) is 24.6. The number of hydrogen-bond acceptors (Lipinski definition) is 3. The van der Waals surface area contributed by atoms with Crippen LogP contribution in [0.2, 0.25) is 0 Å². The fourth-order valence-electron chi connectivity index (χ4n) is 3.22. The Bertz CT molecular complexity index is 402. The van der Waals surface area contributed by atoms with Crippen molar-refractivity contribution < 1.29 is 9.84 Å². The molecule has 2 rings (SSSR count). The first-order valence-corrected chi connectivity index (χ1v) is 7.60. The van der Waals surface area contributed by atoms with Crippen LogP contribution in [-0.4, -0.2) is 37.3 Å². The van der Waals surface area contributed by atoms with Crippen molar-refractivity contribution in [2.75, 3.05) is 21.2 Å². The van der Waals surface area contributed by atoms with E-state index in [-0.39, 0.29) is 6.10 Å². The quantitative estimate of drug-likeness (QED) is 0.897. The predicted molar refractivity (Wildman–Crippen MR) is 82.0 cm³/mol. The Morgan fingerprint density at radius 2 is 1.85 bits per heavy atom. The molecule has 0 heterocycles. The van der Waals surface area contributed by atoms with Crippen molar-refractivity contribution in [3.63, 3.8) is 0 Å². The van der Waals surface area contributed by atoms with Crippen molar-refractivity contribution in [2.45, 2.75) is 44.2 Å². The summed E-state index contributed by atoms with van der Waals surface area (Å²) in [5.41, 5.74) is 1.30. The largest absolute Gasteiger partial charge is 0.497 e. The number of aliphatic hydroxyl groups excluding tert-OH is 1. The van der Waals surface area contributed by atoms with Gasteiger partial charge in [0.15, 0.2) is 0 Å². The molecular formula is C17H27NO2. The summed E-state index contributed by atoms with van der Waals surface area (Å²) in [5, 5.41) is 10.2. The third-order valence-corrected chi connectivity index (χ3v) is 4.52. The Balaban J connectivity index is 2.09. The third-order valence-electron chi connectivity index (χ3n) is 4.52. The van der Waals surface area contributed by atoms with Crippen molar-refractivity contribution in [1.29, 1.82) is 0 Å². The van der Waals surface area contributed by atoms with E-state index in [2.05, 4.69) is 31.1 Å². The van der Waals surface area contributed by atoms with Crippen molar-refractivity contribution in [1.82, 2.24) is 4.90 Å².